The second-order valence-corrected chi connectivity index (χ2v) is 6.71. The molecule has 1 aliphatic carbocycles. The van der Waals surface area contributed by atoms with Crippen molar-refractivity contribution in [3.8, 4) is 10.0 Å². The van der Waals surface area contributed by atoms with Gasteiger partial charge in [0.1, 0.15) is 0 Å². The molecule has 0 radical (unpaired) electrons. The summed E-state index contributed by atoms with van der Waals surface area (Å²) in [6, 6.07) is 15.5. The standard InChI is InChI=1S/C15H15Se/c1-2-6-12(7-3-1)15-11-10-13-8-4-5-9-14(13)16-15/h1-3,6-7,10-11H,4-5,8-9H2/q+1. The molecule has 0 saturated heterocycles. The van der Waals surface area contributed by atoms with Crippen LogP contribution in [-0.4, -0.2) is 14.5 Å². The van der Waals surface area contributed by atoms with Crippen molar-refractivity contribution in [3.63, 3.8) is 0 Å². The van der Waals surface area contributed by atoms with Crippen LogP contribution in [0.5, 0.6) is 0 Å². The molecular formula is C15H15Se+. The van der Waals surface area contributed by atoms with Crippen molar-refractivity contribution in [2.45, 2.75) is 25.7 Å². The Balaban J connectivity index is 2.03. The fraction of sp³-hybridized carbons (Fsp3) is 0.267. The second-order valence-electron chi connectivity index (χ2n) is 4.32. The van der Waals surface area contributed by atoms with Gasteiger partial charge in [-0.1, -0.05) is 0 Å². The predicted molar refractivity (Wildman–Crippen MR) is 69.9 cm³/mol. The Morgan fingerprint density at radius 1 is 0.812 bits per heavy atom. The zero-order valence-electron chi connectivity index (χ0n) is 9.28. The molecule has 1 heterocycles. The number of fused-ring (bicyclic) bond motifs is 1. The third-order valence-electron chi connectivity index (χ3n) is 3.19. The number of hydrogen-bond donors (Lipinski definition) is 0. The van der Waals surface area contributed by atoms with Gasteiger partial charge in [0.2, 0.25) is 0 Å². The van der Waals surface area contributed by atoms with E-state index >= 15 is 0 Å². The van der Waals surface area contributed by atoms with E-state index in [0.717, 1.165) is 0 Å². The van der Waals surface area contributed by atoms with Crippen molar-refractivity contribution in [2.24, 2.45) is 0 Å². The molecule has 1 aliphatic rings. The first-order valence-electron chi connectivity index (χ1n) is 5.94. The van der Waals surface area contributed by atoms with Gasteiger partial charge in [-0.15, -0.1) is 0 Å². The van der Waals surface area contributed by atoms with E-state index in [2.05, 4.69) is 42.5 Å². The summed E-state index contributed by atoms with van der Waals surface area (Å²) >= 11 is 0.575. The van der Waals surface area contributed by atoms with E-state index in [1.54, 1.807) is 14.4 Å². The molecule has 0 fully saturated rings. The van der Waals surface area contributed by atoms with Gasteiger partial charge in [-0.3, -0.25) is 0 Å². The van der Waals surface area contributed by atoms with Crippen molar-refractivity contribution >= 4 is 14.5 Å². The summed E-state index contributed by atoms with van der Waals surface area (Å²) in [4.78, 5) is 0. The molecule has 0 aliphatic heterocycles. The third-order valence-corrected chi connectivity index (χ3v) is 5.92. The van der Waals surface area contributed by atoms with Crippen LogP contribution in [-0.2, 0) is 12.8 Å². The summed E-state index contributed by atoms with van der Waals surface area (Å²) in [5.41, 5.74) is 3.06. The average molecular weight is 274 g/mol. The van der Waals surface area contributed by atoms with Crippen molar-refractivity contribution in [1.29, 1.82) is 0 Å². The molecule has 0 spiro atoms. The second kappa shape index (κ2) is 4.53. The summed E-state index contributed by atoms with van der Waals surface area (Å²) in [6.07, 6.45) is 5.45. The first-order valence-corrected chi connectivity index (χ1v) is 7.65. The fourth-order valence-electron chi connectivity index (χ4n) is 2.29. The van der Waals surface area contributed by atoms with E-state index in [4.69, 9.17) is 0 Å². The molecular weight excluding hydrogens is 259 g/mol. The molecule has 0 nitrogen and oxygen atoms in total. The van der Waals surface area contributed by atoms with Crippen LogP contribution in [0.15, 0.2) is 42.5 Å². The van der Waals surface area contributed by atoms with Crippen LogP contribution in [0.25, 0.3) is 10.0 Å². The van der Waals surface area contributed by atoms with Crippen LogP contribution in [0.1, 0.15) is 22.8 Å². The van der Waals surface area contributed by atoms with E-state index in [1.165, 1.54) is 31.2 Å². The van der Waals surface area contributed by atoms with Gasteiger partial charge in [-0.05, 0) is 0 Å². The molecule has 3 rings (SSSR count). The van der Waals surface area contributed by atoms with Gasteiger partial charge in [-0.25, -0.2) is 0 Å². The van der Waals surface area contributed by atoms with Gasteiger partial charge in [-0.2, -0.15) is 0 Å². The van der Waals surface area contributed by atoms with Crippen molar-refractivity contribution in [1.82, 2.24) is 0 Å². The van der Waals surface area contributed by atoms with Gasteiger partial charge in [0.05, 0.1) is 0 Å². The van der Waals surface area contributed by atoms with E-state index in [-0.39, 0.29) is 0 Å². The summed E-state index contributed by atoms with van der Waals surface area (Å²) in [5.74, 6) is 0. The van der Waals surface area contributed by atoms with Crippen LogP contribution in [0, 0.1) is 0 Å². The van der Waals surface area contributed by atoms with Crippen LogP contribution in [0.3, 0.4) is 0 Å². The number of benzene rings is 1. The van der Waals surface area contributed by atoms with Crippen molar-refractivity contribution in [3.05, 3.63) is 52.5 Å². The Morgan fingerprint density at radius 3 is 2.50 bits per heavy atom. The summed E-state index contributed by atoms with van der Waals surface area (Å²) in [7, 11) is 0. The molecule has 0 bridgehead atoms. The maximum atomic E-state index is 2.36. The van der Waals surface area contributed by atoms with Gasteiger partial charge in [0.25, 0.3) is 0 Å². The Labute approximate surface area is 103 Å². The van der Waals surface area contributed by atoms with Crippen LogP contribution in [0.4, 0.5) is 0 Å². The van der Waals surface area contributed by atoms with Gasteiger partial charge < -0.3 is 0 Å². The number of aryl methyl sites for hydroxylation is 2. The van der Waals surface area contributed by atoms with Crippen LogP contribution in [0.2, 0.25) is 0 Å². The van der Waals surface area contributed by atoms with Crippen molar-refractivity contribution in [2.75, 3.05) is 0 Å². The number of rotatable bonds is 1. The van der Waals surface area contributed by atoms with Crippen molar-refractivity contribution < 1.29 is 0 Å². The molecule has 0 atom stereocenters. The molecule has 16 heavy (non-hydrogen) atoms. The molecule has 2 aromatic rings. The zero-order valence-corrected chi connectivity index (χ0v) is 11.0. The normalized spacial score (nSPS) is 14.5. The SMILES string of the molecule is c1ccc(-c2ccc3c([se+]2)CCCC3)cc1. The topological polar surface area (TPSA) is 0 Å². The summed E-state index contributed by atoms with van der Waals surface area (Å²) in [6.45, 7) is 0. The molecule has 0 amide bonds. The molecule has 0 saturated carbocycles. The zero-order chi connectivity index (χ0) is 10.8. The van der Waals surface area contributed by atoms with Gasteiger partial charge in [0, 0.05) is 0 Å². The third kappa shape index (κ3) is 1.98. The molecule has 0 unspecified atom stereocenters. The predicted octanol–water partition coefficient (Wildman–Crippen LogP) is 3.57. The Kier molecular flexibility index (Phi) is 2.90. The molecule has 0 N–H and O–H groups in total. The average Bonchev–Trinajstić information content (AvgIpc) is 2.39. The summed E-state index contributed by atoms with van der Waals surface area (Å²) in [5, 5.41) is 0. The monoisotopic (exact) mass is 275 g/mol. The molecule has 1 heteroatoms. The summed E-state index contributed by atoms with van der Waals surface area (Å²) < 4.78 is 3.30. The van der Waals surface area contributed by atoms with Crippen LogP contribution < -0.4 is 0 Å². The molecule has 80 valence electrons. The molecule has 1 aromatic heterocycles. The van der Waals surface area contributed by atoms with E-state index in [1.807, 2.05) is 0 Å². The Morgan fingerprint density at radius 2 is 1.62 bits per heavy atom. The fourth-order valence-corrected chi connectivity index (χ4v) is 4.82. The Bertz CT molecular complexity index is 488. The minimum atomic E-state index is 0.575. The van der Waals surface area contributed by atoms with E-state index in [9.17, 15) is 0 Å². The quantitative estimate of drug-likeness (QED) is 0.697. The first kappa shape index (κ1) is 10.3. The van der Waals surface area contributed by atoms with Gasteiger partial charge >= 0.3 is 103 Å². The first-order chi connectivity index (χ1) is 7.93. The number of hydrogen-bond acceptors (Lipinski definition) is 0. The van der Waals surface area contributed by atoms with Gasteiger partial charge in [0.15, 0.2) is 0 Å². The maximum absolute atomic E-state index is 2.36. The Hall–Kier alpha value is -0.911. The van der Waals surface area contributed by atoms with Crippen LogP contribution >= 0.6 is 0 Å². The minimum absolute atomic E-state index is 0.575. The van der Waals surface area contributed by atoms with E-state index < -0.39 is 0 Å². The molecule has 1 aromatic carbocycles. The van der Waals surface area contributed by atoms with E-state index in [0.29, 0.717) is 14.5 Å².